The SMILES string of the molecule is O=C(CNC(=O)c1ccc(C(F)(F)F)cc1)Nc1ccc(Cn2ccnc2)cc1. The number of carbonyl (C=O) groups excluding carboxylic acids is 2. The summed E-state index contributed by atoms with van der Waals surface area (Å²) >= 11 is 0. The number of nitrogens with zero attached hydrogens (tertiary/aromatic N) is 2. The molecule has 150 valence electrons. The molecule has 2 aromatic carbocycles. The topological polar surface area (TPSA) is 76.0 Å². The highest BCUT2D eigenvalue weighted by molar-refractivity contribution is 5.99. The van der Waals surface area contributed by atoms with Gasteiger partial charge in [0.2, 0.25) is 5.91 Å². The number of nitrogens with one attached hydrogen (secondary N) is 2. The molecule has 9 heteroatoms. The fourth-order valence-electron chi connectivity index (χ4n) is 2.56. The van der Waals surface area contributed by atoms with Crippen molar-refractivity contribution in [2.75, 3.05) is 11.9 Å². The highest BCUT2D eigenvalue weighted by Crippen LogP contribution is 2.29. The van der Waals surface area contributed by atoms with Gasteiger partial charge in [-0.25, -0.2) is 4.98 Å². The first kappa shape index (κ1) is 20.1. The Balaban J connectivity index is 1.48. The predicted octanol–water partition coefficient (Wildman–Crippen LogP) is 3.32. The molecule has 0 saturated heterocycles. The van der Waals surface area contributed by atoms with Crippen LogP contribution in [-0.2, 0) is 17.5 Å². The summed E-state index contributed by atoms with van der Waals surface area (Å²) in [6.45, 7) is 0.341. The summed E-state index contributed by atoms with van der Waals surface area (Å²) < 4.78 is 39.5. The van der Waals surface area contributed by atoms with Gasteiger partial charge >= 0.3 is 6.18 Å². The minimum absolute atomic E-state index is 0.0367. The molecule has 0 aliphatic heterocycles. The lowest BCUT2D eigenvalue weighted by atomic mass is 10.1. The van der Waals surface area contributed by atoms with Crippen LogP contribution in [0.4, 0.5) is 18.9 Å². The summed E-state index contributed by atoms with van der Waals surface area (Å²) in [7, 11) is 0. The molecule has 0 fully saturated rings. The number of hydrogen-bond donors (Lipinski definition) is 2. The molecule has 0 aliphatic carbocycles. The van der Waals surface area contributed by atoms with Crippen molar-refractivity contribution < 1.29 is 22.8 Å². The monoisotopic (exact) mass is 402 g/mol. The number of hydrogen-bond acceptors (Lipinski definition) is 3. The number of imidazole rings is 1. The quantitative estimate of drug-likeness (QED) is 0.664. The van der Waals surface area contributed by atoms with Gasteiger partial charge in [-0.2, -0.15) is 13.2 Å². The van der Waals surface area contributed by atoms with Crippen LogP contribution in [0.15, 0.2) is 67.3 Å². The summed E-state index contributed by atoms with van der Waals surface area (Å²) in [5.74, 6) is -1.09. The van der Waals surface area contributed by atoms with Crippen molar-refractivity contribution >= 4 is 17.5 Å². The normalized spacial score (nSPS) is 11.1. The third-order valence-corrected chi connectivity index (χ3v) is 4.05. The number of rotatable bonds is 6. The molecule has 0 bridgehead atoms. The highest BCUT2D eigenvalue weighted by Gasteiger charge is 2.30. The van der Waals surface area contributed by atoms with E-state index >= 15 is 0 Å². The second kappa shape index (κ2) is 8.59. The minimum atomic E-state index is -4.47. The van der Waals surface area contributed by atoms with Crippen molar-refractivity contribution in [2.45, 2.75) is 12.7 Å². The fraction of sp³-hybridized carbons (Fsp3) is 0.150. The molecule has 0 aliphatic rings. The van der Waals surface area contributed by atoms with Gasteiger partial charge in [-0.15, -0.1) is 0 Å². The Hall–Kier alpha value is -3.62. The Morgan fingerprint density at radius 2 is 1.69 bits per heavy atom. The molecule has 2 N–H and O–H groups in total. The predicted molar refractivity (Wildman–Crippen MR) is 100 cm³/mol. The Kier molecular flexibility index (Phi) is 5.96. The van der Waals surface area contributed by atoms with Gasteiger partial charge in [-0.05, 0) is 42.0 Å². The first-order valence-corrected chi connectivity index (χ1v) is 8.61. The molecular formula is C20H17F3N4O2. The van der Waals surface area contributed by atoms with Crippen LogP contribution in [-0.4, -0.2) is 27.9 Å². The number of carbonyl (C=O) groups is 2. The Labute approximate surface area is 164 Å². The number of amides is 2. The molecule has 3 rings (SSSR count). The number of alkyl halides is 3. The molecule has 3 aromatic rings. The van der Waals surface area contributed by atoms with Crippen LogP contribution >= 0.6 is 0 Å². The lowest BCUT2D eigenvalue weighted by Crippen LogP contribution is -2.32. The zero-order valence-electron chi connectivity index (χ0n) is 15.1. The second-order valence-electron chi connectivity index (χ2n) is 6.24. The van der Waals surface area contributed by atoms with Crippen molar-refractivity contribution in [1.82, 2.24) is 14.9 Å². The van der Waals surface area contributed by atoms with Crippen molar-refractivity contribution in [1.29, 1.82) is 0 Å². The molecule has 0 atom stereocenters. The van der Waals surface area contributed by atoms with Gasteiger partial charge in [-0.3, -0.25) is 9.59 Å². The van der Waals surface area contributed by atoms with E-state index in [9.17, 15) is 22.8 Å². The first-order chi connectivity index (χ1) is 13.8. The molecule has 29 heavy (non-hydrogen) atoms. The van der Waals surface area contributed by atoms with E-state index in [1.165, 1.54) is 0 Å². The lowest BCUT2D eigenvalue weighted by Gasteiger charge is -2.09. The Morgan fingerprint density at radius 1 is 1.00 bits per heavy atom. The average Bonchev–Trinajstić information content (AvgIpc) is 3.20. The van der Waals surface area contributed by atoms with E-state index in [0.29, 0.717) is 12.2 Å². The van der Waals surface area contributed by atoms with E-state index in [1.54, 1.807) is 24.7 Å². The van der Waals surface area contributed by atoms with Crippen molar-refractivity contribution in [2.24, 2.45) is 0 Å². The zero-order valence-corrected chi connectivity index (χ0v) is 15.1. The summed E-state index contributed by atoms with van der Waals surface area (Å²) in [5, 5.41) is 5.02. The molecule has 1 heterocycles. The van der Waals surface area contributed by atoms with Gasteiger partial charge in [0.15, 0.2) is 0 Å². The van der Waals surface area contributed by atoms with Gasteiger partial charge in [0.05, 0.1) is 18.4 Å². The fourth-order valence-corrected chi connectivity index (χ4v) is 2.56. The first-order valence-electron chi connectivity index (χ1n) is 8.61. The van der Waals surface area contributed by atoms with Crippen molar-refractivity contribution in [3.63, 3.8) is 0 Å². The number of halogens is 3. The largest absolute Gasteiger partial charge is 0.416 e. The third-order valence-electron chi connectivity index (χ3n) is 4.05. The molecule has 0 saturated carbocycles. The maximum absolute atomic E-state index is 12.5. The van der Waals surface area contributed by atoms with E-state index in [2.05, 4.69) is 15.6 Å². The molecule has 0 unspecified atom stereocenters. The van der Waals surface area contributed by atoms with Crippen LogP contribution in [0.5, 0.6) is 0 Å². The van der Waals surface area contributed by atoms with Crippen LogP contribution in [0, 0.1) is 0 Å². The van der Waals surface area contributed by atoms with Crippen LogP contribution in [0.1, 0.15) is 21.5 Å². The molecule has 2 amide bonds. The van der Waals surface area contributed by atoms with Crippen molar-refractivity contribution in [3.8, 4) is 0 Å². The second-order valence-corrected chi connectivity index (χ2v) is 6.24. The Morgan fingerprint density at radius 3 is 2.28 bits per heavy atom. The van der Waals surface area contributed by atoms with Gasteiger partial charge < -0.3 is 15.2 Å². The molecular weight excluding hydrogens is 385 g/mol. The maximum atomic E-state index is 12.5. The standard InChI is InChI=1S/C20H17F3N4O2/c21-20(22,23)16-5-3-15(4-6-16)19(29)25-11-18(28)26-17-7-1-14(2-8-17)12-27-10-9-24-13-27/h1-10,13H,11-12H2,(H,25,29)(H,26,28). The van der Waals surface area contributed by atoms with Gasteiger partial charge in [0.25, 0.3) is 5.91 Å². The number of aromatic nitrogens is 2. The maximum Gasteiger partial charge on any atom is 0.416 e. The van der Waals surface area contributed by atoms with Gasteiger partial charge in [0, 0.05) is 30.2 Å². The van der Waals surface area contributed by atoms with E-state index in [4.69, 9.17) is 0 Å². The van der Waals surface area contributed by atoms with Crippen LogP contribution < -0.4 is 10.6 Å². The van der Waals surface area contributed by atoms with Gasteiger partial charge in [0.1, 0.15) is 0 Å². The molecule has 6 nitrogen and oxygen atoms in total. The molecule has 0 spiro atoms. The van der Waals surface area contributed by atoms with Crippen LogP contribution in [0.3, 0.4) is 0 Å². The molecule has 0 radical (unpaired) electrons. The summed E-state index contributed by atoms with van der Waals surface area (Å²) in [6.07, 6.45) is 0.765. The van der Waals surface area contributed by atoms with Crippen LogP contribution in [0.25, 0.3) is 0 Å². The van der Waals surface area contributed by atoms with E-state index < -0.39 is 23.6 Å². The minimum Gasteiger partial charge on any atom is -0.343 e. The number of benzene rings is 2. The Bertz CT molecular complexity index is 966. The average molecular weight is 402 g/mol. The number of anilines is 1. The van der Waals surface area contributed by atoms with E-state index in [-0.39, 0.29) is 12.1 Å². The van der Waals surface area contributed by atoms with E-state index in [0.717, 1.165) is 29.8 Å². The van der Waals surface area contributed by atoms with Crippen molar-refractivity contribution in [3.05, 3.63) is 83.9 Å². The summed E-state index contributed by atoms with van der Waals surface area (Å²) in [4.78, 5) is 27.9. The third kappa shape index (κ3) is 5.68. The lowest BCUT2D eigenvalue weighted by molar-refractivity contribution is -0.137. The summed E-state index contributed by atoms with van der Waals surface area (Å²) in [6, 6.07) is 11.0. The highest BCUT2D eigenvalue weighted by atomic mass is 19.4. The zero-order chi connectivity index (χ0) is 20.9. The van der Waals surface area contributed by atoms with Gasteiger partial charge in [-0.1, -0.05) is 12.1 Å². The summed E-state index contributed by atoms with van der Waals surface area (Å²) in [5.41, 5.74) is 0.780. The molecule has 1 aromatic heterocycles. The smallest absolute Gasteiger partial charge is 0.343 e. The van der Waals surface area contributed by atoms with Crippen LogP contribution in [0.2, 0.25) is 0 Å². The van der Waals surface area contributed by atoms with E-state index in [1.807, 2.05) is 22.9 Å².